The molecule has 0 atom stereocenters. The molecule has 67 valence electrons. The molecular formula is C9H10AgN2. The number of aryl methyl sites for hydroxylation is 2. The van der Waals surface area contributed by atoms with E-state index in [0.29, 0.717) is 0 Å². The second-order valence-corrected chi connectivity index (χ2v) is 2.86. The third kappa shape index (κ3) is 1.46. The normalized spacial score (nSPS) is 9.83. The first-order chi connectivity index (χ1) is 5.27. The molecule has 0 unspecified atom stereocenters. The van der Waals surface area contributed by atoms with E-state index in [1.165, 1.54) is 11.1 Å². The standard InChI is InChI=1S/C9H10N2.Ag/c1-6-3-8-9(4-7(6)2)11-5-10-8;/h3-5H,1-2H3,(H,10,11);. The summed E-state index contributed by atoms with van der Waals surface area (Å²) in [6.45, 7) is 4.21. The molecule has 0 fully saturated rings. The molecule has 0 aliphatic carbocycles. The predicted molar refractivity (Wildman–Crippen MR) is 45.6 cm³/mol. The van der Waals surface area contributed by atoms with Crippen molar-refractivity contribution in [2.45, 2.75) is 13.8 Å². The van der Waals surface area contributed by atoms with E-state index in [1.54, 1.807) is 6.33 Å². The van der Waals surface area contributed by atoms with Crippen molar-refractivity contribution < 1.29 is 22.4 Å². The summed E-state index contributed by atoms with van der Waals surface area (Å²) in [5.74, 6) is 0. The number of aromatic nitrogens is 2. The maximum absolute atomic E-state index is 4.17. The number of fused-ring (bicyclic) bond motifs is 1. The number of benzene rings is 1. The smallest absolute Gasteiger partial charge is 0.0931 e. The Kier molecular flexibility index (Phi) is 2.73. The van der Waals surface area contributed by atoms with Crippen LogP contribution in [0.1, 0.15) is 11.1 Å². The molecule has 1 aromatic heterocycles. The first-order valence-corrected chi connectivity index (χ1v) is 3.68. The molecular weight excluding hydrogens is 244 g/mol. The van der Waals surface area contributed by atoms with E-state index < -0.39 is 0 Å². The Labute approximate surface area is 86.9 Å². The molecule has 0 amide bonds. The molecule has 12 heavy (non-hydrogen) atoms. The Morgan fingerprint density at radius 1 is 1.17 bits per heavy atom. The molecule has 0 bridgehead atoms. The van der Waals surface area contributed by atoms with Gasteiger partial charge in [-0.2, -0.15) is 0 Å². The minimum Gasteiger partial charge on any atom is -0.345 e. The number of hydrogen-bond donors (Lipinski definition) is 1. The minimum absolute atomic E-state index is 0. The van der Waals surface area contributed by atoms with E-state index in [2.05, 4.69) is 35.9 Å². The van der Waals surface area contributed by atoms with Crippen molar-refractivity contribution in [1.82, 2.24) is 9.97 Å². The fourth-order valence-corrected chi connectivity index (χ4v) is 1.19. The fraction of sp³-hybridized carbons (Fsp3) is 0.222. The van der Waals surface area contributed by atoms with Crippen molar-refractivity contribution in [2.75, 3.05) is 0 Å². The third-order valence-corrected chi connectivity index (χ3v) is 2.04. The SMILES string of the molecule is Cc1cc2nc[nH]c2cc1C.[Ag]. The van der Waals surface area contributed by atoms with Crippen LogP contribution < -0.4 is 0 Å². The monoisotopic (exact) mass is 253 g/mol. The summed E-state index contributed by atoms with van der Waals surface area (Å²) in [5, 5.41) is 0. The number of hydrogen-bond acceptors (Lipinski definition) is 1. The van der Waals surface area contributed by atoms with Gasteiger partial charge in [0.25, 0.3) is 0 Å². The van der Waals surface area contributed by atoms with Crippen molar-refractivity contribution in [3.63, 3.8) is 0 Å². The summed E-state index contributed by atoms with van der Waals surface area (Å²) in [7, 11) is 0. The van der Waals surface area contributed by atoms with Crippen molar-refractivity contribution in [3.05, 3.63) is 29.6 Å². The van der Waals surface area contributed by atoms with Gasteiger partial charge in [0.2, 0.25) is 0 Å². The molecule has 0 aliphatic rings. The second kappa shape index (κ2) is 3.44. The minimum atomic E-state index is 0. The van der Waals surface area contributed by atoms with Crippen LogP contribution in [0.15, 0.2) is 18.5 Å². The van der Waals surface area contributed by atoms with Crippen molar-refractivity contribution in [1.29, 1.82) is 0 Å². The number of imidazole rings is 1. The average Bonchev–Trinajstić information content (AvgIpc) is 2.36. The molecule has 1 aromatic carbocycles. The van der Waals surface area contributed by atoms with Crippen LogP contribution >= 0.6 is 0 Å². The van der Waals surface area contributed by atoms with Crippen LogP contribution in [0, 0.1) is 13.8 Å². The summed E-state index contributed by atoms with van der Waals surface area (Å²) in [4.78, 5) is 7.24. The maximum Gasteiger partial charge on any atom is 0.0931 e. The zero-order chi connectivity index (χ0) is 7.84. The van der Waals surface area contributed by atoms with Gasteiger partial charge in [0, 0.05) is 22.4 Å². The molecule has 0 saturated heterocycles. The molecule has 0 spiro atoms. The number of nitrogens with zero attached hydrogens (tertiary/aromatic N) is 1. The van der Waals surface area contributed by atoms with Crippen molar-refractivity contribution in [3.8, 4) is 0 Å². The Hall–Kier alpha value is -0.570. The van der Waals surface area contributed by atoms with Gasteiger partial charge in [-0.05, 0) is 37.1 Å². The van der Waals surface area contributed by atoms with Crippen LogP contribution in [0.5, 0.6) is 0 Å². The second-order valence-electron chi connectivity index (χ2n) is 2.86. The quantitative estimate of drug-likeness (QED) is 0.717. The van der Waals surface area contributed by atoms with E-state index in [0.717, 1.165) is 11.0 Å². The fourth-order valence-electron chi connectivity index (χ4n) is 1.19. The number of H-pyrrole nitrogens is 1. The van der Waals surface area contributed by atoms with Crippen LogP contribution in [0.25, 0.3) is 11.0 Å². The molecule has 1 radical (unpaired) electrons. The Balaban J connectivity index is 0.000000720. The molecule has 2 rings (SSSR count). The third-order valence-electron chi connectivity index (χ3n) is 2.04. The maximum atomic E-state index is 4.17. The molecule has 1 N–H and O–H groups in total. The molecule has 2 aromatic rings. The van der Waals surface area contributed by atoms with Gasteiger partial charge in [-0.15, -0.1) is 0 Å². The average molecular weight is 254 g/mol. The summed E-state index contributed by atoms with van der Waals surface area (Å²) in [5.41, 5.74) is 4.77. The largest absolute Gasteiger partial charge is 0.345 e. The number of nitrogens with one attached hydrogen (secondary N) is 1. The zero-order valence-corrected chi connectivity index (χ0v) is 8.46. The number of rotatable bonds is 0. The topological polar surface area (TPSA) is 28.7 Å². The van der Waals surface area contributed by atoms with Crippen LogP contribution in [-0.2, 0) is 22.4 Å². The Morgan fingerprint density at radius 2 is 1.83 bits per heavy atom. The molecule has 1 heterocycles. The predicted octanol–water partition coefficient (Wildman–Crippen LogP) is 2.18. The van der Waals surface area contributed by atoms with Gasteiger partial charge in [-0.1, -0.05) is 0 Å². The van der Waals surface area contributed by atoms with Crippen LogP contribution in [0.4, 0.5) is 0 Å². The van der Waals surface area contributed by atoms with Crippen LogP contribution in [0.3, 0.4) is 0 Å². The summed E-state index contributed by atoms with van der Waals surface area (Å²) < 4.78 is 0. The summed E-state index contributed by atoms with van der Waals surface area (Å²) >= 11 is 0. The van der Waals surface area contributed by atoms with Gasteiger partial charge in [0.05, 0.1) is 17.4 Å². The van der Waals surface area contributed by atoms with Gasteiger partial charge in [-0.3, -0.25) is 0 Å². The summed E-state index contributed by atoms with van der Waals surface area (Å²) in [6.07, 6.45) is 1.73. The van der Waals surface area contributed by atoms with Crippen LogP contribution in [-0.4, -0.2) is 9.97 Å². The van der Waals surface area contributed by atoms with Crippen molar-refractivity contribution >= 4 is 11.0 Å². The van der Waals surface area contributed by atoms with E-state index in [1.807, 2.05) is 0 Å². The number of aromatic amines is 1. The molecule has 2 nitrogen and oxygen atoms in total. The van der Waals surface area contributed by atoms with Gasteiger partial charge in [0.15, 0.2) is 0 Å². The zero-order valence-electron chi connectivity index (χ0n) is 6.98. The Bertz CT molecular complexity index is 356. The summed E-state index contributed by atoms with van der Waals surface area (Å²) in [6, 6.07) is 4.22. The van der Waals surface area contributed by atoms with E-state index in [4.69, 9.17) is 0 Å². The molecule has 0 aliphatic heterocycles. The van der Waals surface area contributed by atoms with Gasteiger partial charge < -0.3 is 4.98 Å². The molecule has 3 heteroatoms. The van der Waals surface area contributed by atoms with Crippen molar-refractivity contribution in [2.24, 2.45) is 0 Å². The Morgan fingerprint density at radius 3 is 2.58 bits per heavy atom. The van der Waals surface area contributed by atoms with Gasteiger partial charge in [0.1, 0.15) is 0 Å². The van der Waals surface area contributed by atoms with Gasteiger partial charge in [-0.25, -0.2) is 4.98 Å². The van der Waals surface area contributed by atoms with Gasteiger partial charge >= 0.3 is 0 Å². The van der Waals surface area contributed by atoms with E-state index in [-0.39, 0.29) is 22.4 Å². The first kappa shape index (κ1) is 9.52. The van der Waals surface area contributed by atoms with E-state index >= 15 is 0 Å². The first-order valence-electron chi connectivity index (χ1n) is 3.68. The van der Waals surface area contributed by atoms with E-state index in [9.17, 15) is 0 Å². The van der Waals surface area contributed by atoms with Crippen LogP contribution in [0.2, 0.25) is 0 Å². The molecule has 0 saturated carbocycles.